The third kappa shape index (κ3) is 3.69. The molecule has 0 aliphatic heterocycles. The minimum absolute atomic E-state index is 0.0920. The minimum atomic E-state index is -4.67. The van der Waals surface area contributed by atoms with Crippen molar-refractivity contribution in [3.8, 4) is 5.75 Å². The van der Waals surface area contributed by atoms with Crippen LogP contribution in [0.3, 0.4) is 0 Å². The SMILES string of the molecule is COc1cccc2c1C(=O)c1cccc([N+]#N)c1C2=O.O=S(=O)(O)O. The molecule has 0 amide bonds. The van der Waals surface area contributed by atoms with Gasteiger partial charge < -0.3 is 4.74 Å². The van der Waals surface area contributed by atoms with E-state index in [2.05, 4.69) is 4.98 Å². The fourth-order valence-electron chi connectivity index (χ4n) is 2.45. The molecule has 10 heteroatoms. The number of hydrogen-bond acceptors (Lipinski definition) is 6. The van der Waals surface area contributed by atoms with Gasteiger partial charge in [0.2, 0.25) is 11.2 Å². The topological polar surface area (TPSA) is 146 Å². The molecule has 128 valence electrons. The van der Waals surface area contributed by atoms with Crippen LogP contribution < -0.4 is 4.74 Å². The van der Waals surface area contributed by atoms with E-state index in [9.17, 15) is 9.59 Å². The molecular formula is C15H11N2O7S+. The first-order valence-corrected chi connectivity index (χ1v) is 8.03. The van der Waals surface area contributed by atoms with E-state index in [0.717, 1.165) is 0 Å². The summed E-state index contributed by atoms with van der Waals surface area (Å²) in [5.74, 6) is -0.294. The first-order valence-electron chi connectivity index (χ1n) is 6.63. The van der Waals surface area contributed by atoms with Crippen molar-refractivity contribution >= 4 is 27.7 Å². The third-order valence-corrected chi connectivity index (χ3v) is 3.34. The van der Waals surface area contributed by atoms with Gasteiger partial charge in [-0.15, -0.1) is 0 Å². The average Bonchev–Trinajstić information content (AvgIpc) is 2.56. The van der Waals surface area contributed by atoms with Crippen molar-refractivity contribution < 1.29 is 31.8 Å². The Morgan fingerprint density at radius 2 is 1.44 bits per heavy atom. The highest BCUT2D eigenvalue weighted by Crippen LogP contribution is 2.36. The largest absolute Gasteiger partial charge is 0.496 e. The van der Waals surface area contributed by atoms with E-state index in [-0.39, 0.29) is 39.5 Å². The molecule has 0 saturated heterocycles. The number of carbonyl (C=O) groups excluding carboxylic acids is 2. The second kappa shape index (κ2) is 6.78. The summed E-state index contributed by atoms with van der Waals surface area (Å²) < 4.78 is 36.7. The number of fused-ring (bicyclic) bond motifs is 2. The predicted molar refractivity (Wildman–Crippen MR) is 85.2 cm³/mol. The number of ketones is 2. The maximum atomic E-state index is 12.5. The highest BCUT2D eigenvalue weighted by Gasteiger charge is 2.37. The van der Waals surface area contributed by atoms with Gasteiger partial charge in [0.25, 0.3) is 0 Å². The summed E-state index contributed by atoms with van der Waals surface area (Å²) in [6.45, 7) is 0. The fraction of sp³-hybridized carbons (Fsp3) is 0.0667. The van der Waals surface area contributed by atoms with Crippen LogP contribution in [0.2, 0.25) is 0 Å². The lowest BCUT2D eigenvalue weighted by Gasteiger charge is -2.17. The molecule has 0 aromatic heterocycles. The molecule has 2 aromatic carbocycles. The zero-order valence-corrected chi connectivity index (χ0v) is 13.5. The summed E-state index contributed by atoms with van der Waals surface area (Å²) >= 11 is 0. The second-order valence-corrected chi connectivity index (χ2v) is 5.68. The molecule has 25 heavy (non-hydrogen) atoms. The Kier molecular flexibility index (Phi) is 4.94. The van der Waals surface area contributed by atoms with Gasteiger partial charge in [-0.25, -0.2) is 0 Å². The van der Waals surface area contributed by atoms with Crippen molar-refractivity contribution in [2.24, 2.45) is 0 Å². The fourth-order valence-corrected chi connectivity index (χ4v) is 2.45. The van der Waals surface area contributed by atoms with Crippen LogP contribution in [0, 0.1) is 5.39 Å². The van der Waals surface area contributed by atoms with Crippen LogP contribution in [-0.4, -0.2) is 36.2 Å². The Balaban J connectivity index is 0.000000399. The molecule has 2 aromatic rings. The Morgan fingerprint density at radius 3 is 1.96 bits per heavy atom. The summed E-state index contributed by atoms with van der Waals surface area (Å²) in [5.41, 5.74) is 0.956. The molecule has 3 rings (SSSR count). The van der Waals surface area contributed by atoms with Gasteiger partial charge in [-0.3, -0.25) is 18.7 Å². The van der Waals surface area contributed by atoms with E-state index in [1.807, 2.05) is 0 Å². The molecule has 1 aliphatic rings. The number of nitrogens with zero attached hydrogens (tertiary/aromatic N) is 2. The molecule has 0 atom stereocenters. The maximum absolute atomic E-state index is 12.5. The zero-order chi connectivity index (χ0) is 18.8. The van der Waals surface area contributed by atoms with E-state index in [1.165, 1.54) is 13.2 Å². The number of diazo groups is 1. The van der Waals surface area contributed by atoms with Gasteiger partial charge in [-0.2, -0.15) is 8.42 Å². The molecule has 1 aliphatic carbocycles. The lowest BCUT2D eigenvalue weighted by atomic mass is 9.83. The highest BCUT2D eigenvalue weighted by atomic mass is 32.3. The standard InChI is InChI=1S/C15H9N2O3.H2O4S/c1-20-11-7-3-5-9-13(11)15(19)8-4-2-6-10(17-16)12(8)14(9)18;1-5(2,3)4/h2-7H,1H3;(H2,1,2,3,4)/q+1;. The monoisotopic (exact) mass is 363 g/mol. The molecule has 0 unspecified atom stereocenters. The first kappa shape index (κ1) is 18.2. The van der Waals surface area contributed by atoms with Crippen LogP contribution >= 0.6 is 0 Å². The van der Waals surface area contributed by atoms with E-state index in [1.54, 1.807) is 30.3 Å². The van der Waals surface area contributed by atoms with Crippen molar-refractivity contribution in [2.45, 2.75) is 0 Å². The summed E-state index contributed by atoms with van der Waals surface area (Å²) in [4.78, 5) is 28.1. The predicted octanol–water partition coefficient (Wildman–Crippen LogP) is 2.30. The number of rotatable bonds is 1. The molecule has 0 heterocycles. The van der Waals surface area contributed by atoms with Gasteiger partial charge in [-0.05, 0) is 12.1 Å². The highest BCUT2D eigenvalue weighted by molar-refractivity contribution is 7.79. The van der Waals surface area contributed by atoms with Gasteiger partial charge in [-0.1, -0.05) is 18.2 Å². The van der Waals surface area contributed by atoms with Crippen molar-refractivity contribution in [3.05, 3.63) is 63.6 Å². The van der Waals surface area contributed by atoms with E-state index >= 15 is 0 Å². The first-order chi connectivity index (χ1) is 11.7. The van der Waals surface area contributed by atoms with Crippen molar-refractivity contribution in [2.75, 3.05) is 7.11 Å². The summed E-state index contributed by atoms with van der Waals surface area (Å²) in [7, 11) is -3.22. The third-order valence-electron chi connectivity index (χ3n) is 3.34. The molecule has 0 fully saturated rings. The van der Waals surface area contributed by atoms with Crippen molar-refractivity contribution in [1.82, 2.24) is 0 Å². The van der Waals surface area contributed by atoms with Crippen LogP contribution in [0.4, 0.5) is 5.69 Å². The number of hydrogen-bond donors (Lipinski definition) is 2. The van der Waals surface area contributed by atoms with Gasteiger partial charge in [0.15, 0.2) is 10.8 Å². The second-order valence-electron chi connectivity index (χ2n) is 4.79. The minimum Gasteiger partial charge on any atom is -0.496 e. The molecule has 2 N–H and O–H groups in total. The lowest BCUT2D eigenvalue weighted by molar-refractivity contribution is 0.0977. The summed E-state index contributed by atoms with van der Waals surface area (Å²) in [6.07, 6.45) is 0. The number of benzene rings is 2. The van der Waals surface area contributed by atoms with Crippen LogP contribution in [0.15, 0.2) is 36.4 Å². The lowest BCUT2D eigenvalue weighted by Crippen LogP contribution is -2.21. The van der Waals surface area contributed by atoms with Gasteiger partial charge >= 0.3 is 16.1 Å². The van der Waals surface area contributed by atoms with Gasteiger partial charge in [0.1, 0.15) is 11.3 Å². The van der Waals surface area contributed by atoms with Gasteiger partial charge in [0, 0.05) is 17.2 Å². The number of carbonyl (C=O) groups is 2. The van der Waals surface area contributed by atoms with Crippen molar-refractivity contribution in [3.63, 3.8) is 0 Å². The summed E-state index contributed by atoms with van der Waals surface area (Å²) in [5, 5.41) is 8.98. The molecule has 9 nitrogen and oxygen atoms in total. The van der Waals surface area contributed by atoms with Gasteiger partial charge in [0.05, 0.1) is 12.7 Å². The maximum Gasteiger partial charge on any atom is 0.396 e. The molecule has 0 saturated carbocycles. The normalized spacial score (nSPS) is 12.2. The van der Waals surface area contributed by atoms with Crippen LogP contribution in [0.5, 0.6) is 5.75 Å². The van der Waals surface area contributed by atoms with E-state index in [4.69, 9.17) is 27.7 Å². The van der Waals surface area contributed by atoms with Crippen LogP contribution in [0.25, 0.3) is 4.98 Å². The van der Waals surface area contributed by atoms with Crippen molar-refractivity contribution in [1.29, 1.82) is 5.39 Å². The Hall–Kier alpha value is -3.13. The summed E-state index contributed by atoms with van der Waals surface area (Å²) in [6, 6.07) is 9.44. The van der Waals surface area contributed by atoms with E-state index < -0.39 is 10.4 Å². The van der Waals surface area contributed by atoms with Crippen LogP contribution in [0.1, 0.15) is 31.8 Å². The Labute approximate surface area is 142 Å². The quantitative estimate of drug-likeness (QED) is 0.494. The Morgan fingerprint density at radius 1 is 0.960 bits per heavy atom. The Bertz CT molecular complexity index is 1010. The smallest absolute Gasteiger partial charge is 0.396 e. The molecular weight excluding hydrogens is 352 g/mol. The van der Waals surface area contributed by atoms with Crippen LogP contribution in [-0.2, 0) is 10.4 Å². The molecule has 0 spiro atoms. The zero-order valence-electron chi connectivity index (χ0n) is 12.7. The number of methoxy groups -OCH3 is 1. The average molecular weight is 363 g/mol. The number of ether oxygens (including phenoxy) is 1. The van der Waals surface area contributed by atoms with E-state index in [0.29, 0.717) is 5.75 Å². The molecule has 0 bridgehead atoms. The molecule has 0 radical (unpaired) electrons.